The van der Waals surface area contributed by atoms with Gasteiger partial charge in [-0.2, -0.15) is 0 Å². The lowest BCUT2D eigenvalue weighted by molar-refractivity contribution is -0.169. The van der Waals surface area contributed by atoms with Crippen LogP contribution in [0.4, 0.5) is 0 Å². The van der Waals surface area contributed by atoms with E-state index >= 15 is 0 Å². The number of ketones is 1. The maximum absolute atomic E-state index is 12.8. The SMILES string of the molecule is C=CCCCC1=C(C(=O)OC)C2(C(=O)OC)OCC(=O)C23CCCN13. The van der Waals surface area contributed by atoms with Gasteiger partial charge in [-0.1, -0.05) is 6.08 Å². The summed E-state index contributed by atoms with van der Waals surface area (Å²) < 4.78 is 15.7. The fraction of sp³-hybridized carbons (Fsp3) is 0.611. The monoisotopic (exact) mass is 349 g/mol. The Hall–Kier alpha value is -2.15. The highest BCUT2D eigenvalue weighted by atomic mass is 16.6. The van der Waals surface area contributed by atoms with Gasteiger partial charge >= 0.3 is 11.9 Å². The molecule has 1 spiro atoms. The predicted molar refractivity (Wildman–Crippen MR) is 87.5 cm³/mol. The minimum Gasteiger partial charge on any atom is -0.467 e. The molecule has 0 radical (unpaired) electrons. The van der Waals surface area contributed by atoms with Crippen LogP contribution in [0.3, 0.4) is 0 Å². The zero-order valence-electron chi connectivity index (χ0n) is 14.6. The predicted octanol–water partition coefficient (Wildman–Crippen LogP) is 1.13. The first-order chi connectivity index (χ1) is 12.0. The van der Waals surface area contributed by atoms with E-state index in [9.17, 15) is 14.4 Å². The molecule has 3 aliphatic heterocycles. The Kier molecular flexibility index (Phi) is 4.45. The Labute approximate surface area is 146 Å². The average Bonchev–Trinajstić information content (AvgIpc) is 3.24. The van der Waals surface area contributed by atoms with Gasteiger partial charge in [0.25, 0.3) is 0 Å². The van der Waals surface area contributed by atoms with Gasteiger partial charge in [-0.05, 0) is 32.1 Å². The summed E-state index contributed by atoms with van der Waals surface area (Å²) in [6.07, 6.45) is 5.04. The van der Waals surface area contributed by atoms with E-state index in [0.717, 1.165) is 19.3 Å². The van der Waals surface area contributed by atoms with Crippen LogP contribution in [0.25, 0.3) is 0 Å². The molecule has 0 aromatic carbocycles. The number of Topliss-reactive ketones (excluding diaryl/α,β-unsaturated/α-hetero) is 1. The molecule has 3 heterocycles. The van der Waals surface area contributed by atoms with E-state index in [0.29, 0.717) is 25.1 Å². The Balaban J connectivity index is 2.21. The maximum Gasteiger partial charge on any atom is 0.346 e. The molecule has 7 heteroatoms. The number of hydrogen-bond acceptors (Lipinski definition) is 7. The van der Waals surface area contributed by atoms with Crippen molar-refractivity contribution in [3.63, 3.8) is 0 Å². The molecule has 0 bridgehead atoms. The number of nitrogens with zero attached hydrogens (tertiary/aromatic N) is 1. The maximum atomic E-state index is 12.8. The van der Waals surface area contributed by atoms with Crippen LogP contribution in [0.5, 0.6) is 0 Å². The van der Waals surface area contributed by atoms with E-state index in [1.54, 1.807) is 6.08 Å². The molecule has 0 saturated carbocycles. The van der Waals surface area contributed by atoms with E-state index in [1.165, 1.54) is 14.2 Å². The molecule has 0 N–H and O–H groups in total. The molecule has 25 heavy (non-hydrogen) atoms. The normalized spacial score (nSPS) is 30.3. The van der Waals surface area contributed by atoms with Gasteiger partial charge in [0.05, 0.1) is 14.2 Å². The molecule has 136 valence electrons. The minimum absolute atomic E-state index is 0.122. The fourth-order valence-electron chi connectivity index (χ4n) is 4.58. The second-order valence-corrected chi connectivity index (χ2v) is 6.49. The zero-order chi connectivity index (χ0) is 18.2. The van der Waals surface area contributed by atoms with Crippen molar-refractivity contribution >= 4 is 17.7 Å². The fourth-order valence-corrected chi connectivity index (χ4v) is 4.58. The number of carbonyl (C=O) groups excluding carboxylic acids is 3. The smallest absolute Gasteiger partial charge is 0.346 e. The molecule has 2 unspecified atom stereocenters. The summed E-state index contributed by atoms with van der Waals surface area (Å²) in [5, 5.41) is 0. The average molecular weight is 349 g/mol. The largest absolute Gasteiger partial charge is 0.467 e. The molecule has 0 aliphatic carbocycles. The Morgan fingerprint density at radius 1 is 1.36 bits per heavy atom. The number of allylic oxidation sites excluding steroid dienone is 2. The Morgan fingerprint density at radius 3 is 2.76 bits per heavy atom. The third-order valence-electron chi connectivity index (χ3n) is 5.50. The molecule has 0 amide bonds. The number of unbranched alkanes of at least 4 members (excludes halogenated alkanes) is 1. The summed E-state index contributed by atoms with van der Waals surface area (Å²) in [6, 6.07) is 0. The third kappa shape index (κ3) is 2.05. The van der Waals surface area contributed by atoms with Crippen LogP contribution in [0, 0.1) is 0 Å². The van der Waals surface area contributed by atoms with Crippen LogP contribution in [0.15, 0.2) is 23.9 Å². The number of hydrogen-bond donors (Lipinski definition) is 0. The highest BCUT2D eigenvalue weighted by Gasteiger charge is 2.78. The van der Waals surface area contributed by atoms with E-state index in [-0.39, 0.29) is 18.0 Å². The number of esters is 2. The number of ether oxygens (including phenoxy) is 3. The first kappa shape index (κ1) is 17.7. The van der Waals surface area contributed by atoms with Crippen LogP contribution in [0.2, 0.25) is 0 Å². The van der Waals surface area contributed by atoms with Gasteiger partial charge in [-0.15, -0.1) is 6.58 Å². The van der Waals surface area contributed by atoms with E-state index in [4.69, 9.17) is 14.2 Å². The summed E-state index contributed by atoms with van der Waals surface area (Å²) in [4.78, 5) is 40.2. The lowest BCUT2D eigenvalue weighted by Gasteiger charge is -2.38. The van der Waals surface area contributed by atoms with Crippen molar-refractivity contribution < 1.29 is 28.6 Å². The highest BCUT2D eigenvalue weighted by Crippen LogP contribution is 2.58. The number of carbonyl (C=O) groups is 3. The summed E-state index contributed by atoms with van der Waals surface area (Å²) in [5.41, 5.74) is -2.14. The zero-order valence-corrected chi connectivity index (χ0v) is 14.6. The van der Waals surface area contributed by atoms with E-state index in [2.05, 4.69) is 6.58 Å². The Morgan fingerprint density at radius 2 is 2.12 bits per heavy atom. The lowest BCUT2D eigenvalue weighted by Crippen LogP contribution is -2.62. The molecule has 0 aromatic rings. The molecule has 3 rings (SSSR count). The van der Waals surface area contributed by atoms with Crippen molar-refractivity contribution in [2.24, 2.45) is 0 Å². The molecular weight excluding hydrogens is 326 g/mol. The van der Waals surface area contributed by atoms with Gasteiger partial charge in [0.1, 0.15) is 17.7 Å². The van der Waals surface area contributed by atoms with Crippen molar-refractivity contribution in [1.29, 1.82) is 0 Å². The molecule has 0 aromatic heterocycles. The van der Waals surface area contributed by atoms with Gasteiger partial charge in [0.2, 0.25) is 5.60 Å². The molecule has 2 fully saturated rings. The van der Waals surface area contributed by atoms with Crippen molar-refractivity contribution in [1.82, 2.24) is 4.90 Å². The van der Waals surface area contributed by atoms with Gasteiger partial charge in [-0.25, -0.2) is 9.59 Å². The topological polar surface area (TPSA) is 82.1 Å². The van der Waals surface area contributed by atoms with Crippen molar-refractivity contribution in [3.05, 3.63) is 23.9 Å². The van der Waals surface area contributed by atoms with Crippen LogP contribution in [-0.4, -0.2) is 61.1 Å². The molecule has 7 nitrogen and oxygen atoms in total. The van der Waals surface area contributed by atoms with Gasteiger partial charge in [0.15, 0.2) is 5.78 Å². The van der Waals surface area contributed by atoms with E-state index in [1.807, 2.05) is 4.90 Å². The van der Waals surface area contributed by atoms with Crippen LogP contribution < -0.4 is 0 Å². The number of rotatable bonds is 6. The molecule has 3 aliphatic rings. The van der Waals surface area contributed by atoms with Crippen molar-refractivity contribution in [2.75, 3.05) is 27.4 Å². The third-order valence-corrected chi connectivity index (χ3v) is 5.50. The summed E-state index contributed by atoms with van der Waals surface area (Å²) in [7, 11) is 2.50. The first-order valence-corrected chi connectivity index (χ1v) is 8.47. The molecular formula is C18H23NO6. The van der Waals surface area contributed by atoms with Crippen molar-refractivity contribution in [3.8, 4) is 0 Å². The van der Waals surface area contributed by atoms with Crippen molar-refractivity contribution in [2.45, 2.75) is 43.2 Å². The van der Waals surface area contributed by atoms with Gasteiger partial charge in [0, 0.05) is 12.2 Å². The van der Waals surface area contributed by atoms with Gasteiger partial charge in [-0.3, -0.25) is 4.79 Å². The van der Waals surface area contributed by atoms with Crippen LogP contribution in [0.1, 0.15) is 32.1 Å². The summed E-state index contributed by atoms with van der Waals surface area (Å²) in [5.74, 6) is -1.55. The lowest BCUT2D eigenvalue weighted by atomic mass is 9.74. The summed E-state index contributed by atoms with van der Waals surface area (Å²) in [6.45, 7) is 4.09. The van der Waals surface area contributed by atoms with Gasteiger partial charge < -0.3 is 19.1 Å². The standard InChI is InChI=1S/C18H23NO6/c1-4-5-6-8-12-14(15(21)23-2)18(16(22)24-3)17(13(20)11-25-18)9-7-10-19(12)17/h4H,1,5-11H2,2-3H3. The quantitative estimate of drug-likeness (QED) is 0.404. The molecule has 2 saturated heterocycles. The first-order valence-electron chi connectivity index (χ1n) is 8.47. The summed E-state index contributed by atoms with van der Waals surface area (Å²) >= 11 is 0. The Bertz CT molecular complexity index is 668. The molecule has 2 atom stereocenters. The minimum atomic E-state index is -1.73. The van der Waals surface area contributed by atoms with Crippen LogP contribution in [-0.2, 0) is 28.6 Å². The highest BCUT2D eigenvalue weighted by molar-refractivity contribution is 6.12. The van der Waals surface area contributed by atoms with E-state index < -0.39 is 23.1 Å². The van der Waals surface area contributed by atoms with Crippen LogP contribution >= 0.6 is 0 Å². The second kappa shape index (κ2) is 6.29. The second-order valence-electron chi connectivity index (χ2n) is 6.49. The number of methoxy groups -OCH3 is 2.